The molecule has 0 aliphatic carbocycles. The normalized spacial score (nSPS) is 6.56. The minimum absolute atomic E-state index is 0. The fourth-order valence-electron chi connectivity index (χ4n) is 0. The molecule has 0 amide bonds. The van der Waals surface area contributed by atoms with E-state index in [0.717, 1.165) is 0 Å². The Bertz CT molecular complexity index is 59.2. The number of rotatable bonds is 0. The van der Waals surface area contributed by atoms with Gasteiger partial charge in [-0.05, 0) is 0 Å². The Labute approximate surface area is 104 Å². The van der Waals surface area contributed by atoms with E-state index in [9.17, 15) is 0 Å². The van der Waals surface area contributed by atoms with Crippen LogP contribution in [0.3, 0.4) is 0 Å². The Hall–Kier alpha value is 2.29. The Balaban J connectivity index is -0.0000000133. The monoisotopic (exact) mass is 200 g/mol. The van der Waals surface area contributed by atoms with Gasteiger partial charge in [-0.1, -0.05) is 0 Å². The molecule has 0 spiro atoms. The van der Waals surface area contributed by atoms with Crippen LogP contribution in [0.4, 0.5) is 0 Å². The van der Waals surface area contributed by atoms with Gasteiger partial charge in [0.05, 0.1) is 0 Å². The van der Waals surface area contributed by atoms with Crippen LogP contribution in [-0.2, 0) is 4.57 Å². The molecule has 0 aromatic carbocycles. The molecule has 0 saturated carbocycles. The van der Waals surface area contributed by atoms with Gasteiger partial charge < -0.3 is 25.6 Å². The summed E-state index contributed by atoms with van der Waals surface area (Å²) in [6.45, 7) is 0. The molecule has 6 nitrogen and oxygen atoms in total. The van der Waals surface area contributed by atoms with Gasteiger partial charge >= 0.3 is 75.1 Å². The first-order valence-electron chi connectivity index (χ1n) is 0.783. The van der Waals surface area contributed by atoms with Crippen LogP contribution in [0.2, 0.25) is 0 Å². The fourth-order valence-corrected chi connectivity index (χ4v) is 0. The third-order valence-electron chi connectivity index (χ3n) is 0. The van der Waals surface area contributed by atoms with Crippen LogP contribution in [0.15, 0.2) is 0 Å². The van der Waals surface area contributed by atoms with Crippen molar-refractivity contribution in [2.75, 3.05) is 0 Å². The van der Waals surface area contributed by atoms with Crippen LogP contribution in [0.1, 0.15) is 0 Å². The molecule has 0 unspecified atom stereocenters. The molecule has 0 fully saturated rings. The Morgan fingerprint density at radius 2 is 1.00 bits per heavy atom. The molecule has 0 atom stereocenters. The quantitative estimate of drug-likeness (QED) is 0.269. The molecule has 0 aromatic heterocycles. The van der Waals surface area contributed by atoms with Gasteiger partial charge in [-0.2, -0.15) is 0 Å². The molecule has 0 saturated heterocycles. The summed E-state index contributed by atoms with van der Waals surface area (Å²) in [6, 6.07) is 0. The van der Waals surface area contributed by atoms with Crippen molar-refractivity contribution in [2.45, 2.75) is 0 Å². The molecule has 0 heterocycles. The molecular formula is H10CaNaO6P. The standard InChI is InChI=1S/Ca.Na.H3O4P.2H2O.3H/c;;1-5(2,3)4;;;;;/h;;(H3,1,2,3,4);2*1H2;;;. The predicted octanol–water partition coefficient (Wildman–Crippen LogP) is -4.14. The molecule has 9 heteroatoms. The van der Waals surface area contributed by atoms with E-state index in [1.807, 2.05) is 0 Å². The summed E-state index contributed by atoms with van der Waals surface area (Å²) in [5, 5.41) is 0. The van der Waals surface area contributed by atoms with Gasteiger partial charge in [0.25, 0.3) is 0 Å². The van der Waals surface area contributed by atoms with Crippen molar-refractivity contribution < 1.29 is 30.2 Å². The number of hydrogen-bond acceptors (Lipinski definition) is 1. The van der Waals surface area contributed by atoms with Gasteiger partial charge in [0.1, 0.15) is 0 Å². The summed E-state index contributed by atoms with van der Waals surface area (Å²) in [4.78, 5) is 21.6. The van der Waals surface area contributed by atoms with Crippen LogP contribution < -0.4 is 0 Å². The van der Waals surface area contributed by atoms with E-state index >= 15 is 0 Å². The van der Waals surface area contributed by atoms with E-state index in [1.165, 1.54) is 0 Å². The van der Waals surface area contributed by atoms with Crippen molar-refractivity contribution in [3.8, 4) is 0 Å². The molecule has 0 aliphatic rings. The topological polar surface area (TPSA) is 141 Å². The summed E-state index contributed by atoms with van der Waals surface area (Å²) in [5.74, 6) is 0. The molecule has 54 valence electrons. The average Bonchev–Trinajstić information content (AvgIpc) is 0.722. The summed E-state index contributed by atoms with van der Waals surface area (Å²) in [7, 11) is -4.64. The Morgan fingerprint density at radius 1 is 1.00 bits per heavy atom. The van der Waals surface area contributed by atoms with E-state index in [4.69, 9.17) is 19.2 Å². The summed E-state index contributed by atoms with van der Waals surface area (Å²) in [5.41, 5.74) is 0. The first-order valence-corrected chi connectivity index (χ1v) is 2.35. The Morgan fingerprint density at radius 3 is 1.00 bits per heavy atom. The van der Waals surface area contributed by atoms with Crippen molar-refractivity contribution in [2.24, 2.45) is 0 Å². The summed E-state index contributed by atoms with van der Waals surface area (Å²) in [6.07, 6.45) is 0. The van der Waals surface area contributed by atoms with Crippen molar-refractivity contribution in [1.29, 1.82) is 0 Å². The number of phosphoric acid groups is 1. The molecular weight excluding hydrogens is 190 g/mol. The maximum atomic E-state index is 8.88. The van der Waals surface area contributed by atoms with E-state index in [2.05, 4.69) is 0 Å². The van der Waals surface area contributed by atoms with Gasteiger partial charge in [-0.25, -0.2) is 4.57 Å². The summed E-state index contributed by atoms with van der Waals surface area (Å²) < 4.78 is 8.88. The molecule has 7 N–H and O–H groups in total. The van der Waals surface area contributed by atoms with E-state index in [-0.39, 0.29) is 78.2 Å². The van der Waals surface area contributed by atoms with Gasteiger partial charge in [0.15, 0.2) is 0 Å². The predicted molar refractivity (Wildman–Crippen MR) is 37.2 cm³/mol. The van der Waals surface area contributed by atoms with Crippen LogP contribution in [0.25, 0.3) is 0 Å². The molecule has 0 radical (unpaired) electrons. The average molecular weight is 200 g/mol. The van der Waals surface area contributed by atoms with E-state index in [0.29, 0.717) is 0 Å². The van der Waals surface area contributed by atoms with Crippen molar-refractivity contribution in [3.63, 3.8) is 0 Å². The van der Waals surface area contributed by atoms with Crippen molar-refractivity contribution in [1.82, 2.24) is 0 Å². The van der Waals surface area contributed by atoms with Crippen LogP contribution in [0.5, 0.6) is 0 Å². The van der Waals surface area contributed by atoms with Crippen molar-refractivity contribution in [3.05, 3.63) is 0 Å². The van der Waals surface area contributed by atoms with Gasteiger partial charge in [-0.15, -0.1) is 0 Å². The first kappa shape index (κ1) is 30.2. The first-order chi connectivity index (χ1) is 2.00. The van der Waals surface area contributed by atoms with E-state index < -0.39 is 7.82 Å². The number of hydrogen-bond donors (Lipinski definition) is 3. The minimum atomic E-state index is -4.64. The molecule has 0 rings (SSSR count). The third-order valence-corrected chi connectivity index (χ3v) is 0. The second-order valence-electron chi connectivity index (χ2n) is 0.513. The third kappa shape index (κ3) is 135. The molecule has 0 aliphatic heterocycles. The van der Waals surface area contributed by atoms with Crippen LogP contribution in [-0.4, -0.2) is 92.9 Å². The van der Waals surface area contributed by atoms with Gasteiger partial charge in [-0.3, -0.25) is 0 Å². The molecule has 9 heavy (non-hydrogen) atoms. The SMILES string of the molecule is O.O.O=P(O)(O)O.[CaH2].[NaH]. The zero-order valence-electron chi connectivity index (χ0n) is 3.20. The zero-order chi connectivity index (χ0) is 4.50. The summed E-state index contributed by atoms with van der Waals surface area (Å²) >= 11 is 0. The second-order valence-corrected chi connectivity index (χ2v) is 1.54. The van der Waals surface area contributed by atoms with E-state index in [1.54, 1.807) is 0 Å². The molecule has 0 bridgehead atoms. The Kier molecular flexibility index (Phi) is 43.4. The zero-order valence-corrected chi connectivity index (χ0v) is 4.09. The fraction of sp³-hybridized carbons (Fsp3) is 0. The second kappa shape index (κ2) is 12.9. The van der Waals surface area contributed by atoms with Gasteiger partial charge in [0.2, 0.25) is 0 Å². The van der Waals surface area contributed by atoms with Gasteiger partial charge in [0, 0.05) is 0 Å². The van der Waals surface area contributed by atoms with Crippen molar-refractivity contribution >= 4 is 75.1 Å². The molecule has 0 aromatic rings. The van der Waals surface area contributed by atoms with Crippen LogP contribution >= 0.6 is 7.82 Å². The maximum absolute atomic E-state index is 8.88. The van der Waals surface area contributed by atoms with Crippen LogP contribution in [0, 0.1) is 0 Å².